The van der Waals surface area contributed by atoms with Crippen LogP contribution in [0.2, 0.25) is 0 Å². The third-order valence-electron chi connectivity index (χ3n) is 7.23. The van der Waals surface area contributed by atoms with Gasteiger partial charge in [-0.1, -0.05) is 26.8 Å². The molecular weight excluding hydrogens is 587 g/mol. The Morgan fingerprint density at radius 3 is 2.73 bits per heavy atom. The highest BCUT2D eigenvalue weighted by Gasteiger charge is 2.48. The van der Waals surface area contributed by atoms with Gasteiger partial charge in [-0.2, -0.15) is 23.5 Å². The Kier molecular flexibility index (Phi) is 6.69. The fourth-order valence-corrected chi connectivity index (χ4v) is 7.72. The molecule has 0 unspecified atom stereocenters. The predicted molar refractivity (Wildman–Crippen MR) is 142 cm³/mol. The van der Waals surface area contributed by atoms with E-state index in [4.69, 9.17) is 0 Å². The Labute approximate surface area is 229 Å². The molecule has 0 aromatic carbocycles. The van der Waals surface area contributed by atoms with E-state index in [1.807, 2.05) is 5.38 Å². The minimum absolute atomic E-state index is 0.108. The molecule has 3 aromatic heterocycles. The molecule has 1 amide bonds. The van der Waals surface area contributed by atoms with Gasteiger partial charge < -0.3 is 10.6 Å². The van der Waals surface area contributed by atoms with E-state index in [2.05, 4.69) is 58.5 Å². The third kappa shape index (κ3) is 4.81. The molecule has 5 rings (SSSR count). The molecule has 0 radical (unpaired) electrons. The van der Waals surface area contributed by atoms with Crippen molar-refractivity contribution in [1.29, 1.82) is 5.26 Å². The van der Waals surface area contributed by atoms with E-state index in [1.165, 1.54) is 22.7 Å². The largest absolute Gasteiger partial charge is 0.410 e. The summed E-state index contributed by atoms with van der Waals surface area (Å²) in [6, 6.07) is 3.36. The molecule has 4 heterocycles. The van der Waals surface area contributed by atoms with Crippen LogP contribution in [0, 0.1) is 22.7 Å². The van der Waals surface area contributed by atoms with Crippen molar-refractivity contribution in [3.05, 3.63) is 48.6 Å². The number of hydrogen-bond acceptors (Lipinski definition) is 6. The van der Waals surface area contributed by atoms with Crippen LogP contribution in [0.3, 0.4) is 0 Å². The average molecular weight is 613 g/mol. The highest BCUT2D eigenvalue weighted by molar-refractivity contribution is 9.10. The van der Waals surface area contributed by atoms with E-state index in [0.717, 1.165) is 39.3 Å². The monoisotopic (exact) mass is 611 g/mol. The van der Waals surface area contributed by atoms with Gasteiger partial charge in [0.25, 0.3) is 5.91 Å². The number of amides is 1. The third-order valence-corrected chi connectivity index (χ3v) is 10.1. The van der Waals surface area contributed by atoms with Crippen LogP contribution in [0.25, 0.3) is 0 Å². The molecular formula is C25H25BrF3N5OS2. The lowest BCUT2D eigenvalue weighted by Gasteiger charge is -2.33. The number of fused-ring (bicyclic) bond motifs is 2. The zero-order valence-corrected chi connectivity index (χ0v) is 23.6. The summed E-state index contributed by atoms with van der Waals surface area (Å²) in [5.41, 5.74) is 1.36. The van der Waals surface area contributed by atoms with Gasteiger partial charge in [-0.05, 0) is 63.5 Å². The lowest BCUT2D eigenvalue weighted by atomic mass is 9.72. The molecule has 3 aromatic rings. The van der Waals surface area contributed by atoms with Crippen molar-refractivity contribution in [2.24, 2.45) is 11.3 Å². The molecule has 2 N–H and O–H groups in total. The summed E-state index contributed by atoms with van der Waals surface area (Å²) in [5.74, 6) is -0.0906. The molecule has 2 aliphatic rings. The number of hydrogen-bond donors (Lipinski definition) is 2. The Morgan fingerprint density at radius 1 is 1.35 bits per heavy atom. The van der Waals surface area contributed by atoms with E-state index >= 15 is 0 Å². The predicted octanol–water partition coefficient (Wildman–Crippen LogP) is 7.70. The molecule has 0 saturated carbocycles. The molecule has 196 valence electrons. The summed E-state index contributed by atoms with van der Waals surface area (Å²) in [6.45, 7) is 6.61. The van der Waals surface area contributed by atoms with Crippen LogP contribution in [-0.2, 0) is 12.8 Å². The van der Waals surface area contributed by atoms with Crippen molar-refractivity contribution in [2.75, 3.05) is 10.6 Å². The molecule has 0 fully saturated rings. The minimum atomic E-state index is -4.55. The second-order valence-corrected chi connectivity index (χ2v) is 13.4. The number of nitriles is 1. The zero-order chi connectivity index (χ0) is 26.7. The topological polar surface area (TPSA) is 82.7 Å². The SMILES string of the molecule is CC(C)(C)[C@@H]1CCc2c(sc(NC(=O)c3nn4c(c3Br)N[C@H](c3cccs3)C[C@H]4C(F)(F)F)c2C#N)C1. The lowest BCUT2D eigenvalue weighted by Crippen LogP contribution is -2.35. The maximum absolute atomic E-state index is 14.0. The number of halogens is 4. The number of thiophene rings is 2. The van der Waals surface area contributed by atoms with E-state index in [-0.39, 0.29) is 27.8 Å². The molecule has 1 aliphatic carbocycles. The standard InChI is InChI=1S/C25H25BrF3N5OS2/c1-24(2,3)12-6-7-13-14(11-30)23(37-17(13)9-12)32-22(35)20-19(26)21-31-15(16-5-4-8-36-16)10-18(25(27,28)29)34(21)33-20/h4-5,8,12,15,18,31H,6-7,9-10H2,1-3H3,(H,32,35)/t12-,15+,18+/m1/s1. The number of carbonyl (C=O) groups is 1. The first-order chi connectivity index (χ1) is 17.4. The molecule has 37 heavy (non-hydrogen) atoms. The molecule has 6 nitrogen and oxygen atoms in total. The zero-order valence-electron chi connectivity index (χ0n) is 20.4. The molecule has 1 aliphatic heterocycles. The molecule has 3 atom stereocenters. The summed E-state index contributed by atoms with van der Waals surface area (Å²) in [7, 11) is 0. The first-order valence-electron chi connectivity index (χ1n) is 11.9. The summed E-state index contributed by atoms with van der Waals surface area (Å²) < 4.78 is 43.1. The van der Waals surface area contributed by atoms with Gasteiger partial charge in [0.15, 0.2) is 11.7 Å². The van der Waals surface area contributed by atoms with Gasteiger partial charge in [0.2, 0.25) is 0 Å². The van der Waals surface area contributed by atoms with Gasteiger partial charge in [-0.15, -0.1) is 22.7 Å². The Hall–Kier alpha value is -2.36. The normalized spacial score (nSPS) is 21.5. The van der Waals surface area contributed by atoms with Crippen molar-refractivity contribution in [3.63, 3.8) is 0 Å². The second-order valence-electron chi connectivity index (χ2n) is 10.5. The lowest BCUT2D eigenvalue weighted by molar-refractivity contribution is -0.173. The Morgan fingerprint density at radius 2 is 2.11 bits per heavy atom. The van der Waals surface area contributed by atoms with Crippen LogP contribution in [0.15, 0.2) is 22.0 Å². The number of nitrogens with one attached hydrogen (secondary N) is 2. The van der Waals surface area contributed by atoms with E-state index in [0.29, 0.717) is 16.5 Å². The van der Waals surface area contributed by atoms with Gasteiger partial charge in [0.1, 0.15) is 16.9 Å². The van der Waals surface area contributed by atoms with Crippen LogP contribution < -0.4 is 10.6 Å². The van der Waals surface area contributed by atoms with Crippen LogP contribution in [0.1, 0.15) is 77.1 Å². The number of aromatic nitrogens is 2. The minimum Gasteiger partial charge on any atom is -0.362 e. The van der Waals surface area contributed by atoms with Crippen molar-refractivity contribution in [1.82, 2.24) is 9.78 Å². The quantitative estimate of drug-likeness (QED) is 0.318. The van der Waals surface area contributed by atoms with Crippen LogP contribution in [0.5, 0.6) is 0 Å². The maximum Gasteiger partial charge on any atom is 0.410 e. The smallest absolute Gasteiger partial charge is 0.362 e. The Bertz CT molecular complexity index is 1380. The fraction of sp³-hybridized carbons (Fsp3) is 0.480. The molecule has 0 bridgehead atoms. The summed E-state index contributed by atoms with van der Waals surface area (Å²) in [4.78, 5) is 15.2. The Balaban J connectivity index is 1.46. The van der Waals surface area contributed by atoms with Gasteiger partial charge in [-0.25, -0.2) is 4.68 Å². The number of rotatable bonds is 3. The molecule has 0 saturated heterocycles. The highest BCUT2D eigenvalue weighted by atomic mass is 79.9. The molecule has 12 heteroatoms. The fourth-order valence-electron chi connectivity index (χ4n) is 5.10. The average Bonchev–Trinajstić information content (AvgIpc) is 3.54. The maximum atomic E-state index is 14.0. The van der Waals surface area contributed by atoms with Gasteiger partial charge in [0, 0.05) is 16.2 Å². The van der Waals surface area contributed by atoms with E-state index in [9.17, 15) is 23.2 Å². The van der Waals surface area contributed by atoms with E-state index < -0.39 is 24.2 Å². The van der Waals surface area contributed by atoms with Gasteiger partial charge >= 0.3 is 6.18 Å². The van der Waals surface area contributed by atoms with Gasteiger partial charge in [-0.3, -0.25) is 4.79 Å². The van der Waals surface area contributed by atoms with Crippen molar-refractivity contribution in [2.45, 2.75) is 64.7 Å². The van der Waals surface area contributed by atoms with Crippen LogP contribution in [0.4, 0.5) is 24.0 Å². The first kappa shape index (κ1) is 26.3. The van der Waals surface area contributed by atoms with Crippen LogP contribution in [-0.4, -0.2) is 21.9 Å². The van der Waals surface area contributed by atoms with Crippen LogP contribution >= 0.6 is 38.6 Å². The number of anilines is 2. The van der Waals surface area contributed by atoms with Gasteiger partial charge in [0.05, 0.1) is 16.1 Å². The molecule has 0 spiro atoms. The number of nitrogens with zero attached hydrogens (tertiary/aromatic N) is 3. The summed E-state index contributed by atoms with van der Waals surface area (Å²) >= 11 is 6.07. The number of alkyl halides is 3. The second kappa shape index (κ2) is 9.43. The first-order valence-corrected chi connectivity index (χ1v) is 14.4. The van der Waals surface area contributed by atoms with Crippen molar-refractivity contribution in [3.8, 4) is 6.07 Å². The van der Waals surface area contributed by atoms with Crippen molar-refractivity contribution < 1.29 is 18.0 Å². The van der Waals surface area contributed by atoms with E-state index in [1.54, 1.807) is 12.1 Å². The summed E-state index contributed by atoms with van der Waals surface area (Å²) in [6.07, 6.45) is -2.23. The van der Waals surface area contributed by atoms with Crippen molar-refractivity contribution >= 4 is 55.3 Å². The number of carbonyl (C=O) groups excluding carboxylic acids is 1. The summed E-state index contributed by atoms with van der Waals surface area (Å²) in [5, 5.41) is 22.1. The highest BCUT2D eigenvalue weighted by Crippen LogP contribution is 2.48.